The van der Waals surface area contributed by atoms with E-state index in [4.69, 9.17) is 11.6 Å². The summed E-state index contributed by atoms with van der Waals surface area (Å²) in [4.78, 5) is 18.8. The Balaban J connectivity index is 1.64. The molecule has 2 aromatic rings. The zero-order valence-electron chi connectivity index (χ0n) is 14.3. The fraction of sp³-hybridized carbons (Fsp3) is 0.412. The zero-order chi connectivity index (χ0) is 18.7. The van der Waals surface area contributed by atoms with E-state index in [1.807, 2.05) is 29.6 Å². The molecule has 6 nitrogen and oxygen atoms in total. The summed E-state index contributed by atoms with van der Waals surface area (Å²) in [5.41, 5.74) is 1.56. The maximum Gasteiger partial charge on any atom is 0.228 e. The Labute approximate surface area is 162 Å². The van der Waals surface area contributed by atoms with Gasteiger partial charge in [0.15, 0.2) is 0 Å². The maximum atomic E-state index is 12.6. The minimum absolute atomic E-state index is 0.0407. The van der Waals surface area contributed by atoms with E-state index in [1.54, 1.807) is 4.90 Å². The fourth-order valence-electron chi connectivity index (χ4n) is 3.02. The molecule has 1 fully saturated rings. The van der Waals surface area contributed by atoms with E-state index in [1.165, 1.54) is 11.3 Å². The average molecular weight is 414 g/mol. The number of hydrogen-bond acceptors (Lipinski definition) is 5. The lowest BCUT2D eigenvalue weighted by molar-refractivity contribution is -0.131. The molecular weight excluding hydrogens is 394 g/mol. The molecule has 0 aliphatic carbocycles. The first kappa shape index (κ1) is 19.3. The molecule has 1 saturated heterocycles. The molecule has 0 bridgehead atoms. The fourth-order valence-corrected chi connectivity index (χ4v) is 4.95. The van der Waals surface area contributed by atoms with E-state index < -0.39 is 10.0 Å². The molecule has 2 heterocycles. The Morgan fingerprint density at radius 3 is 2.92 bits per heavy atom. The minimum atomic E-state index is -3.27. The predicted molar refractivity (Wildman–Crippen MR) is 104 cm³/mol. The molecule has 0 spiro atoms. The van der Waals surface area contributed by atoms with Gasteiger partial charge in [-0.3, -0.25) is 4.79 Å². The van der Waals surface area contributed by atoms with Gasteiger partial charge >= 0.3 is 0 Å². The molecule has 1 aliphatic heterocycles. The van der Waals surface area contributed by atoms with Crippen LogP contribution in [-0.2, 0) is 21.2 Å². The summed E-state index contributed by atoms with van der Waals surface area (Å²) in [6, 6.07) is 7.25. The standard InChI is InChI=1S/C17H20ClN3O3S2/c1-26(23,24)20-12-5-4-8-21(10-12)16(22)9-13-11-25-17(19-13)14-6-2-3-7-15(14)18/h2-3,6-7,11-12,20H,4-5,8-10H2,1H3/t12-/m1/s1. The molecule has 0 unspecified atom stereocenters. The van der Waals surface area contributed by atoms with E-state index in [-0.39, 0.29) is 18.4 Å². The van der Waals surface area contributed by atoms with E-state index in [0.29, 0.717) is 23.8 Å². The van der Waals surface area contributed by atoms with Crippen LogP contribution >= 0.6 is 22.9 Å². The number of carbonyl (C=O) groups is 1. The summed E-state index contributed by atoms with van der Waals surface area (Å²) in [5, 5.41) is 3.28. The lowest BCUT2D eigenvalue weighted by Gasteiger charge is -2.32. The number of nitrogens with zero attached hydrogens (tertiary/aromatic N) is 2. The predicted octanol–water partition coefficient (Wildman–Crippen LogP) is 2.55. The van der Waals surface area contributed by atoms with Gasteiger partial charge in [-0.05, 0) is 18.9 Å². The quantitative estimate of drug-likeness (QED) is 0.816. The van der Waals surface area contributed by atoms with Gasteiger partial charge in [0.05, 0.1) is 23.4 Å². The van der Waals surface area contributed by atoms with Crippen molar-refractivity contribution in [1.29, 1.82) is 0 Å². The van der Waals surface area contributed by atoms with Crippen LogP contribution in [0.1, 0.15) is 18.5 Å². The molecule has 26 heavy (non-hydrogen) atoms. The highest BCUT2D eigenvalue weighted by Gasteiger charge is 2.26. The van der Waals surface area contributed by atoms with Crippen LogP contribution in [0.2, 0.25) is 5.02 Å². The van der Waals surface area contributed by atoms with Crippen molar-refractivity contribution in [3.05, 3.63) is 40.4 Å². The normalized spacial score (nSPS) is 18.1. The molecule has 1 N–H and O–H groups in total. The first-order chi connectivity index (χ1) is 12.3. The summed E-state index contributed by atoms with van der Waals surface area (Å²) in [6.45, 7) is 1.04. The van der Waals surface area contributed by atoms with Gasteiger partial charge in [-0.25, -0.2) is 18.1 Å². The number of piperidine rings is 1. The first-order valence-electron chi connectivity index (χ1n) is 8.26. The third kappa shape index (κ3) is 5.03. The topological polar surface area (TPSA) is 79.4 Å². The second kappa shape index (κ2) is 8.04. The number of benzene rings is 1. The van der Waals surface area contributed by atoms with Gasteiger partial charge < -0.3 is 4.90 Å². The number of halogens is 1. The molecule has 3 rings (SSSR count). The summed E-state index contributed by atoms with van der Waals surface area (Å²) in [5.74, 6) is -0.0407. The van der Waals surface area contributed by atoms with Gasteiger partial charge in [-0.2, -0.15) is 0 Å². The number of hydrogen-bond donors (Lipinski definition) is 1. The van der Waals surface area contributed by atoms with Crippen LogP contribution in [0.5, 0.6) is 0 Å². The van der Waals surface area contributed by atoms with Gasteiger partial charge in [0.1, 0.15) is 5.01 Å². The van der Waals surface area contributed by atoms with Crippen molar-refractivity contribution in [1.82, 2.24) is 14.6 Å². The number of carbonyl (C=O) groups excluding carboxylic acids is 1. The van der Waals surface area contributed by atoms with E-state index in [2.05, 4.69) is 9.71 Å². The Hall–Kier alpha value is -1.48. The molecule has 1 aliphatic rings. The number of nitrogens with one attached hydrogen (secondary N) is 1. The van der Waals surface area contributed by atoms with Gasteiger partial charge in [-0.15, -0.1) is 11.3 Å². The Morgan fingerprint density at radius 1 is 1.42 bits per heavy atom. The SMILES string of the molecule is CS(=O)(=O)N[C@@H]1CCCN(C(=O)Cc2csc(-c3ccccc3Cl)n2)C1. The van der Waals surface area contributed by atoms with E-state index in [9.17, 15) is 13.2 Å². The molecule has 1 amide bonds. The van der Waals surface area contributed by atoms with Gasteiger partial charge in [-0.1, -0.05) is 29.8 Å². The number of sulfonamides is 1. The highest BCUT2D eigenvalue weighted by atomic mass is 35.5. The minimum Gasteiger partial charge on any atom is -0.341 e. The van der Waals surface area contributed by atoms with Crippen LogP contribution in [0.15, 0.2) is 29.6 Å². The molecule has 9 heteroatoms. The van der Waals surface area contributed by atoms with Crippen molar-refractivity contribution in [2.24, 2.45) is 0 Å². The molecule has 1 aromatic heterocycles. The zero-order valence-corrected chi connectivity index (χ0v) is 16.7. The highest BCUT2D eigenvalue weighted by Crippen LogP contribution is 2.30. The van der Waals surface area contributed by atoms with Gasteiger partial charge in [0.2, 0.25) is 15.9 Å². The first-order valence-corrected chi connectivity index (χ1v) is 11.4. The Morgan fingerprint density at radius 2 is 2.19 bits per heavy atom. The third-order valence-electron chi connectivity index (χ3n) is 4.14. The van der Waals surface area contributed by atoms with Crippen LogP contribution in [0.25, 0.3) is 10.6 Å². The van der Waals surface area contributed by atoms with Crippen molar-refractivity contribution in [3.8, 4) is 10.6 Å². The van der Waals surface area contributed by atoms with Crippen LogP contribution in [0, 0.1) is 0 Å². The summed E-state index contributed by atoms with van der Waals surface area (Å²) < 4.78 is 25.4. The van der Waals surface area contributed by atoms with Crippen molar-refractivity contribution in [3.63, 3.8) is 0 Å². The summed E-state index contributed by atoms with van der Waals surface area (Å²) >= 11 is 7.66. The summed E-state index contributed by atoms with van der Waals surface area (Å²) in [6.07, 6.45) is 2.86. The number of aromatic nitrogens is 1. The van der Waals surface area contributed by atoms with Crippen molar-refractivity contribution in [2.45, 2.75) is 25.3 Å². The number of rotatable bonds is 5. The van der Waals surface area contributed by atoms with E-state index >= 15 is 0 Å². The average Bonchev–Trinajstić information content (AvgIpc) is 3.02. The van der Waals surface area contributed by atoms with Crippen LogP contribution in [0.3, 0.4) is 0 Å². The van der Waals surface area contributed by atoms with Crippen molar-refractivity contribution in [2.75, 3.05) is 19.3 Å². The number of amides is 1. The molecule has 140 valence electrons. The second-order valence-corrected chi connectivity index (χ2v) is 9.41. The molecule has 1 atom stereocenters. The van der Waals surface area contributed by atoms with Crippen LogP contribution in [-0.4, -0.2) is 49.6 Å². The highest BCUT2D eigenvalue weighted by molar-refractivity contribution is 7.88. The smallest absolute Gasteiger partial charge is 0.228 e. The van der Waals surface area contributed by atoms with Crippen molar-refractivity contribution >= 4 is 38.9 Å². The van der Waals surface area contributed by atoms with E-state index in [0.717, 1.165) is 29.7 Å². The Kier molecular flexibility index (Phi) is 5.96. The van der Waals surface area contributed by atoms with Crippen LogP contribution in [0.4, 0.5) is 0 Å². The van der Waals surface area contributed by atoms with Crippen molar-refractivity contribution < 1.29 is 13.2 Å². The van der Waals surface area contributed by atoms with Gasteiger partial charge in [0.25, 0.3) is 0 Å². The summed E-state index contributed by atoms with van der Waals surface area (Å²) in [7, 11) is -3.27. The number of thiazole rings is 1. The lowest BCUT2D eigenvalue weighted by Crippen LogP contribution is -2.49. The maximum absolute atomic E-state index is 12.6. The molecule has 1 aromatic carbocycles. The molecular formula is C17H20ClN3O3S2. The third-order valence-corrected chi connectivity index (χ3v) is 6.16. The molecule has 0 radical (unpaired) electrons. The van der Waals surface area contributed by atoms with Gasteiger partial charge in [0, 0.05) is 30.1 Å². The molecule has 0 saturated carbocycles. The Bertz CT molecular complexity index is 898. The second-order valence-electron chi connectivity index (χ2n) is 6.37. The monoisotopic (exact) mass is 413 g/mol. The largest absolute Gasteiger partial charge is 0.341 e. The van der Waals surface area contributed by atoms with Crippen LogP contribution < -0.4 is 4.72 Å². The number of likely N-dealkylation sites (tertiary alicyclic amines) is 1. The lowest BCUT2D eigenvalue weighted by atomic mass is 10.1.